The third-order valence-corrected chi connectivity index (χ3v) is 6.42. The van der Waals surface area contributed by atoms with Gasteiger partial charge < -0.3 is 5.32 Å². The molecule has 0 bridgehead atoms. The number of halogens is 1. The molecule has 2 unspecified atom stereocenters. The van der Waals surface area contributed by atoms with Gasteiger partial charge >= 0.3 is 0 Å². The molecule has 2 atom stereocenters. The Labute approximate surface area is 135 Å². The quantitative estimate of drug-likeness (QED) is 0.451. The molecule has 0 saturated heterocycles. The minimum Gasteiger partial charge on any atom is -0.319 e. The Morgan fingerprint density at radius 2 is 1.81 bits per heavy atom. The van der Waals surface area contributed by atoms with Gasteiger partial charge in [0, 0.05) is 4.94 Å². The molecular weight excluding hydrogens is 316 g/mol. The molecule has 2 aromatic rings. The first-order valence-electron chi connectivity index (χ1n) is 7.15. The highest BCUT2D eigenvalue weighted by Gasteiger charge is 2.12. The van der Waals surface area contributed by atoms with Crippen LogP contribution < -0.4 is 10.6 Å². The van der Waals surface area contributed by atoms with Crippen molar-refractivity contribution in [3.05, 3.63) is 70.7 Å². The maximum atomic E-state index is 6.70. The summed E-state index contributed by atoms with van der Waals surface area (Å²) in [6.45, 7) is 1.95. The largest absolute Gasteiger partial charge is 0.319 e. The van der Waals surface area contributed by atoms with Gasteiger partial charge in [-0.2, -0.15) is 18.2 Å². The highest BCUT2D eigenvalue weighted by Crippen LogP contribution is 2.43. The molecular formula is C17H21ClNP2-. The predicted molar refractivity (Wildman–Crippen MR) is 99.4 cm³/mol. The predicted octanol–water partition coefficient (Wildman–Crippen LogP) is 4.33. The van der Waals surface area contributed by atoms with E-state index in [4.69, 9.17) is 11.6 Å². The van der Waals surface area contributed by atoms with Gasteiger partial charge in [-0.1, -0.05) is 18.2 Å². The van der Waals surface area contributed by atoms with Crippen LogP contribution >= 0.6 is 28.4 Å². The molecule has 1 nitrogen and oxygen atoms in total. The monoisotopic (exact) mass is 336 g/mol. The van der Waals surface area contributed by atoms with E-state index in [0.717, 1.165) is 30.8 Å². The Balaban J connectivity index is 2.26. The van der Waals surface area contributed by atoms with Crippen molar-refractivity contribution in [3.8, 4) is 0 Å². The Morgan fingerprint density at radius 3 is 2.48 bits per heavy atom. The smallest absolute Gasteiger partial charge is 0.116 e. The van der Waals surface area contributed by atoms with Gasteiger partial charge in [-0.25, -0.2) is 0 Å². The van der Waals surface area contributed by atoms with Crippen molar-refractivity contribution >= 4 is 33.7 Å². The third-order valence-electron chi connectivity index (χ3n) is 3.10. The van der Waals surface area contributed by atoms with E-state index < -0.39 is 7.55 Å². The molecule has 0 heterocycles. The Kier molecular flexibility index (Phi) is 7.54. The van der Waals surface area contributed by atoms with Crippen molar-refractivity contribution in [3.63, 3.8) is 0 Å². The van der Waals surface area contributed by atoms with Crippen molar-refractivity contribution in [2.24, 2.45) is 0 Å². The third kappa shape index (κ3) is 5.28. The van der Waals surface area contributed by atoms with Crippen LogP contribution in [0.3, 0.4) is 0 Å². The fraction of sp³-hybridized carbons (Fsp3) is 0.235. The zero-order valence-corrected chi connectivity index (χ0v) is 14.8. The van der Waals surface area contributed by atoms with Gasteiger partial charge in [0.05, 0.1) is 0 Å². The molecule has 2 rings (SSSR count). The molecule has 21 heavy (non-hydrogen) atoms. The summed E-state index contributed by atoms with van der Waals surface area (Å²) < 4.78 is 0. The van der Waals surface area contributed by atoms with Crippen LogP contribution in [-0.4, -0.2) is 19.3 Å². The molecule has 0 fully saturated rings. The van der Waals surface area contributed by atoms with Crippen LogP contribution in [0.5, 0.6) is 0 Å². The molecule has 0 radical (unpaired) electrons. The maximum absolute atomic E-state index is 6.70. The Morgan fingerprint density at radius 1 is 1.10 bits per heavy atom. The molecule has 0 aliphatic carbocycles. The zero-order chi connectivity index (χ0) is 14.9. The number of benzene rings is 2. The molecule has 112 valence electrons. The van der Waals surface area contributed by atoms with E-state index in [1.807, 2.05) is 0 Å². The summed E-state index contributed by atoms with van der Waals surface area (Å²) in [6, 6.07) is 21.2. The number of rotatable bonds is 7. The van der Waals surface area contributed by atoms with Crippen LogP contribution in [0.25, 0.3) is 0 Å². The van der Waals surface area contributed by atoms with Crippen LogP contribution in [0.4, 0.5) is 0 Å². The van der Waals surface area contributed by atoms with Gasteiger partial charge in [0.1, 0.15) is 5.30 Å². The molecule has 0 spiro atoms. The van der Waals surface area contributed by atoms with E-state index in [0.29, 0.717) is 0 Å². The molecule has 0 aromatic heterocycles. The standard InChI is InChI=1S/C17H21ClNP2/c18-17(11-12-19-13-14-20)21(15-7-3-1-4-8-15)16-9-5-2-6-10-16/h1-10,19H,11-14,20H2/q-1. The molecule has 2 aromatic carbocycles. The van der Waals surface area contributed by atoms with Crippen LogP contribution in [0.2, 0.25) is 0 Å². The lowest BCUT2D eigenvalue weighted by Gasteiger charge is -2.18. The minimum absolute atomic E-state index is 0.596. The second-order valence-corrected chi connectivity index (χ2v) is 8.21. The lowest BCUT2D eigenvalue weighted by Crippen LogP contribution is -2.18. The first-order chi connectivity index (χ1) is 10.3. The van der Waals surface area contributed by atoms with E-state index in [1.54, 1.807) is 0 Å². The average molecular weight is 337 g/mol. The van der Waals surface area contributed by atoms with Gasteiger partial charge in [0.2, 0.25) is 0 Å². The minimum atomic E-state index is -0.596. The molecule has 4 heteroatoms. The van der Waals surface area contributed by atoms with E-state index in [1.165, 1.54) is 10.2 Å². The molecule has 0 aliphatic rings. The van der Waals surface area contributed by atoms with Crippen LogP contribution in [-0.2, 0) is 0 Å². The van der Waals surface area contributed by atoms with Gasteiger partial charge in [-0.15, -0.1) is 27.8 Å². The number of hydrogen-bond acceptors (Lipinski definition) is 1. The first-order valence-corrected chi connectivity index (χ1v) is 9.69. The molecule has 0 amide bonds. The van der Waals surface area contributed by atoms with E-state index in [2.05, 4.69) is 75.2 Å². The van der Waals surface area contributed by atoms with Crippen LogP contribution in [0.15, 0.2) is 60.7 Å². The number of nitrogens with one attached hydrogen (secondary N) is 1. The van der Waals surface area contributed by atoms with Crippen molar-refractivity contribution < 1.29 is 0 Å². The summed E-state index contributed by atoms with van der Waals surface area (Å²) in [5.74, 6) is 0. The topological polar surface area (TPSA) is 12.0 Å². The van der Waals surface area contributed by atoms with Gasteiger partial charge in [-0.05, 0) is 44.0 Å². The van der Waals surface area contributed by atoms with Crippen molar-refractivity contribution in [1.82, 2.24) is 5.32 Å². The first kappa shape index (κ1) is 16.8. The normalized spacial score (nSPS) is 11.7. The lowest BCUT2D eigenvalue weighted by molar-refractivity contribution is 0.721. The highest BCUT2D eigenvalue weighted by molar-refractivity contribution is 7.63. The lowest BCUT2D eigenvalue weighted by atomic mass is 10.4. The fourth-order valence-corrected chi connectivity index (χ4v) is 5.13. The van der Waals surface area contributed by atoms with Crippen LogP contribution in [0.1, 0.15) is 6.42 Å². The molecule has 1 N–H and O–H groups in total. The van der Waals surface area contributed by atoms with E-state index in [-0.39, 0.29) is 0 Å². The van der Waals surface area contributed by atoms with Gasteiger partial charge in [0.15, 0.2) is 0 Å². The van der Waals surface area contributed by atoms with Crippen molar-refractivity contribution in [2.75, 3.05) is 19.3 Å². The highest BCUT2D eigenvalue weighted by atomic mass is 35.5. The Hall–Kier alpha value is -0.580. The number of hydrogen-bond donors (Lipinski definition) is 1. The Bertz CT molecular complexity index is 577. The van der Waals surface area contributed by atoms with Crippen LogP contribution in [0, 0.1) is 10.1 Å². The summed E-state index contributed by atoms with van der Waals surface area (Å²) in [5, 5.41) is 5.78. The van der Waals surface area contributed by atoms with E-state index >= 15 is 0 Å². The maximum Gasteiger partial charge on any atom is 0.116 e. The second kappa shape index (κ2) is 9.44. The van der Waals surface area contributed by atoms with E-state index in [9.17, 15) is 0 Å². The summed E-state index contributed by atoms with van der Waals surface area (Å²) in [4.78, 5) is 1.31. The summed E-state index contributed by atoms with van der Waals surface area (Å²) in [6.07, 6.45) is 1.98. The van der Waals surface area contributed by atoms with Gasteiger partial charge in [-0.3, -0.25) is 11.6 Å². The second-order valence-electron chi connectivity index (χ2n) is 4.67. The zero-order valence-electron chi connectivity index (χ0n) is 12.0. The van der Waals surface area contributed by atoms with Crippen molar-refractivity contribution in [1.29, 1.82) is 0 Å². The fourth-order valence-electron chi connectivity index (χ4n) is 2.11. The average Bonchev–Trinajstić information content (AvgIpc) is 2.54. The molecule has 0 saturated carbocycles. The van der Waals surface area contributed by atoms with Crippen molar-refractivity contribution in [2.45, 2.75) is 6.42 Å². The van der Waals surface area contributed by atoms with Gasteiger partial charge in [0.25, 0.3) is 0 Å². The summed E-state index contributed by atoms with van der Waals surface area (Å²) in [7, 11) is 2.14. The summed E-state index contributed by atoms with van der Waals surface area (Å²) >= 11 is 6.70. The SMILES string of the molecule is PCCNCC[C-](Cl)[P+](c1ccccc1)=c1cc[cH-]cc1. The molecule has 0 aliphatic heterocycles. The summed E-state index contributed by atoms with van der Waals surface area (Å²) in [5.41, 5.74) is 0.